The molecule has 2 rings (SSSR count). The monoisotopic (exact) mass is 240 g/mol. The third kappa shape index (κ3) is 2.52. The minimum absolute atomic E-state index is 0.123. The van der Waals surface area contributed by atoms with Gasteiger partial charge in [0.15, 0.2) is 5.82 Å². The molecule has 2 amide bonds. The lowest BCUT2D eigenvalue weighted by Gasteiger charge is -2.21. The van der Waals surface area contributed by atoms with Crippen LogP contribution in [-0.4, -0.2) is 44.7 Å². The van der Waals surface area contributed by atoms with Gasteiger partial charge in [0.25, 0.3) is 0 Å². The number of carbonyl (C=O) groups is 2. The first kappa shape index (κ1) is 11.4. The van der Waals surface area contributed by atoms with Gasteiger partial charge in [0, 0.05) is 6.54 Å². The number of likely N-dealkylation sites (tertiary alicyclic amines) is 1. The number of aromatic nitrogens is 2. The Labute approximate surface area is 96.6 Å². The lowest BCUT2D eigenvalue weighted by atomic mass is 10.2. The van der Waals surface area contributed by atoms with E-state index in [2.05, 4.69) is 20.0 Å². The summed E-state index contributed by atoms with van der Waals surface area (Å²) in [5.41, 5.74) is 0. The number of carboxylic acid groups (broad SMARTS) is 1. The summed E-state index contributed by atoms with van der Waals surface area (Å²) in [6.07, 6.45) is 2.36. The van der Waals surface area contributed by atoms with Crippen molar-refractivity contribution < 1.29 is 19.2 Å². The van der Waals surface area contributed by atoms with E-state index in [0.717, 1.165) is 6.39 Å². The van der Waals surface area contributed by atoms with Crippen LogP contribution in [0.3, 0.4) is 0 Å². The highest BCUT2D eigenvalue weighted by Gasteiger charge is 2.33. The third-order valence-electron chi connectivity index (χ3n) is 2.60. The summed E-state index contributed by atoms with van der Waals surface area (Å²) >= 11 is 0. The van der Waals surface area contributed by atoms with Crippen LogP contribution in [0.2, 0.25) is 0 Å². The first-order chi connectivity index (χ1) is 8.18. The molecular weight excluding hydrogens is 228 g/mol. The zero-order chi connectivity index (χ0) is 12.3. The maximum absolute atomic E-state index is 11.7. The second-order valence-electron chi connectivity index (χ2n) is 3.70. The molecule has 1 aromatic heterocycles. The summed E-state index contributed by atoms with van der Waals surface area (Å²) in [5.74, 6) is -0.623. The van der Waals surface area contributed by atoms with E-state index >= 15 is 0 Å². The number of aliphatic carboxylic acids is 1. The molecule has 0 radical (unpaired) electrons. The number of hydrogen-bond acceptors (Lipinski definition) is 5. The first-order valence-corrected chi connectivity index (χ1v) is 5.21. The summed E-state index contributed by atoms with van der Waals surface area (Å²) in [6, 6.07) is -1.15. The van der Waals surface area contributed by atoms with Gasteiger partial charge >= 0.3 is 12.0 Å². The molecule has 8 heteroatoms. The molecule has 8 nitrogen and oxygen atoms in total. The fourth-order valence-electron chi connectivity index (χ4n) is 1.79. The van der Waals surface area contributed by atoms with Gasteiger partial charge in [-0.25, -0.2) is 9.59 Å². The SMILES string of the molecule is O=C(O)[C@H]1CCCN1C(=O)NCc1ncon1. The predicted molar refractivity (Wildman–Crippen MR) is 53.9 cm³/mol. The standard InChI is InChI=1S/C9H12N4O4/c14-8(15)6-2-1-3-13(6)9(16)10-4-7-11-5-17-12-7/h5-6H,1-4H2,(H,10,16)(H,14,15)/t6-/m1/s1. The van der Waals surface area contributed by atoms with Crippen LogP contribution in [0.5, 0.6) is 0 Å². The van der Waals surface area contributed by atoms with Gasteiger partial charge in [-0.15, -0.1) is 0 Å². The van der Waals surface area contributed by atoms with Gasteiger partial charge in [0.05, 0.1) is 6.54 Å². The second-order valence-corrected chi connectivity index (χ2v) is 3.70. The van der Waals surface area contributed by atoms with Crippen molar-refractivity contribution in [2.75, 3.05) is 6.54 Å². The quantitative estimate of drug-likeness (QED) is 0.759. The lowest BCUT2D eigenvalue weighted by Crippen LogP contribution is -2.45. The number of nitrogens with zero attached hydrogens (tertiary/aromatic N) is 3. The average Bonchev–Trinajstić information content (AvgIpc) is 2.96. The Morgan fingerprint density at radius 1 is 1.65 bits per heavy atom. The van der Waals surface area contributed by atoms with E-state index in [1.807, 2.05) is 0 Å². The zero-order valence-electron chi connectivity index (χ0n) is 9.00. The van der Waals surface area contributed by atoms with Crippen molar-refractivity contribution in [1.82, 2.24) is 20.4 Å². The van der Waals surface area contributed by atoms with Gasteiger partial charge < -0.3 is 19.8 Å². The van der Waals surface area contributed by atoms with E-state index in [1.54, 1.807) is 0 Å². The molecule has 1 saturated heterocycles. The Morgan fingerprint density at radius 2 is 2.47 bits per heavy atom. The average molecular weight is 240 g/mol. The molecule has 0 bridgehead atoms. The van der Waals surface area contributed by atoms with Crippen LogP contribution in [-0.2, 0) is 11.3 Å². The van der Waals surface area contributed by atoms with Crippen LogP contribution in [0.4, 0.5) is 4.79 Å². The van der Waals surface area contributed by atoms with Crippen LogP contribution in [0.1, 0.15) is 18.7 Å². The molecule has 92 valence electrons. The Hall–Kier alpha value is -2.12. The Bertz CT molecular complexity index is 405. The molecule has 0 unspecified atom stereocenters. The van der Waals surface area contributed by atoms with Crippen LogP contribution in [0.25, 0.3) is 0 Å². The Morgan fingerprint density at radius 3 is 3.12 bits per heavy atom. The molecule has 1 aromatic rings. The van der Waals surface area contributed by atoms with Crippen molar-refractivity contribution in [3.63, 3.8) is 0 Å². The summed E-state index contributed by atoms with van der Waals surface area (Å²) in [5, 5.41) is 15.0. The van der Waals surface area contributed by atoms with E-state index in [-0.39, 0.29) is 6.54 Å². The highest BCUT2D eigenvalue weighted by Crippen LogP contribution is 2.17. The molecule has 1 atom stereocenters. The molecule has 17 heavy (non-hydrogen) atoms. The van der Waals surface area contributed by atoms with E-state index in [9.17, 15) is 9.59 Å². The number of rotatable bonds is 3. The van der Waals surface area contributed by atoms with Gasteiger partial charge in [-0.1, -0.05) is 5.16 Å². The number of carboxylic acids is 1. The number of urea groups is 1. The number of nitrogens with one attached hydrogen (secondary N) is 1. The fourth-order valence-corrected chi connectivity index (χ4v) is 1.79. The van der Waals surface area contributed by atoms with Crippen molar-refractivity contribution in [1.29, 1.82) is 0 Å². The molecule has 1 aliphatic rings. The normalized spacial score (nSPS) is 19.3. The van der Waals surface area contributed by atoms with Crippen molar-refractivity contribution in [2.45, 2.75) is 25.4 Å². The van der Waals surface area contributed by atoms with Gasteiger partial charge in [-0.05, 0) is 12.8 Å². The minimum Gasteiger partial charge on any atom is -0.480 e. The fraction of sp³-hybridized carbons (Fsp3) is 0.556. The van der Waals surface area contributed by atoms with Crippen molar-refractivity contribution in [3.05, 3.63) is 12.2 Å². The van der Waals surface area contributed by atoms with Crippen molar-refractivity contribution in [3.8, 4) is 0 Å². The van der Waals surface area contributed by atoms with E-state index in [0.29, 0.717) is 25.2 Å². The highest BCUT2D eigenvalue weighted by atomic mass is 16.5. The highest BCUT2D eigenvalue weighted by molar-refractivity contribution is 5.83. The molecule has 0 saturated carbocycles. The lowest BCUT2D eigenvalue weighted by molar-refractivity contribution is -0.141. The summed E-state index contributed by atoms with van der Waals surface area (Å²) in [7, 11) is 0. The van der Waals surface area contributed by atoms with Gasteiger partial charge in [0.2, 0.25) is 6.39 Å². The molecule has 1 fully saturated rings. The maximum atomic E-state index is 11.7. The number of amides is 2. The van der Waals surface area contributed by atoms with E-state index in [1.165, 1.54) is 4.90 Å². The first-order valence-electron chi connectivity index (χ1n) is 5.21. The van der Waals surface area contributed by atoms with Crippen LogP contribution < -0.4 is 5.32 Å². The third-order valence-corrected chi connectivity index (χ3v) is 2.60. The molecule has 2 heterocycles. The predicted octanol–water partition coefficient (Wildman–Crippen LogP) is -0.172. The topological polar surface area (TPSA) is 109 Å². The van der Waals surface area contributed by atoms with E-state index < -0.39 is 18.0 Å². The molecule has 0 spiro atoms. The number of hydrogen-bond donors (Lipinski definition) is 2. The van der Waals surface area contributed by atoms with Crippen LogP contribution in [0, 0.1) is 0 Å². The Kier molecular flexibility index (Phi) is 3.22. The summed E-state index contributed by atoms with van der Waals surface area (Å²) < 4.78 is 4.51. The second kappa shape index (κ2) is 4.81. The van der Waals surface area contributed by atoms with Crippen LogP contribution in [0.15, 0.2) is 10.9 Å². The van der Waals surface area contributed by atoms with Gasteiger partial charge in [-0.3, -0.25) is 0 Å². The molecule has 0 aliphatic carbocycles. The zero-order valence-corrected chi connectivity index (χ0v) is 9.00. The largest absolute Gasteiger partial charge is 0.480 e. The summed E-state index contributed by atoms with van der Waals surface area (Å²) in [4.78, 5) is 27.7. The molecule has 2 N–H and O–H groups in total. The van der Waals surface area contributed by atoms with Crippen molar-refractivity contribution >= 4 is 12.0 Å². The minimum atomic E-state index is -0.975. The maximum Gasteiger partial charge on any atom is 0.326 e. The molecule has 1 aliphatic heterocycles. The van der Waals surface area contributed by atoms with Gasteiger partial charge in [0.1, 0.15) is 6.04 Å². The van der Waals surface area contributed by atoms with Crippen molar-refractivity contribution in [2.24, 2.45) is 0 Å². The summed E-state index contributed by atoms with van der Waals surface area (Å²) in [6.45, 7) is 0.577. The molecular formula is C9H12N4O4. The smallest absolute Gasteiger partial charge is 0.326 e. The van der Waals surface area contributed by atoms with E-state index in [4.69, 9.17) is 5.11 Å². The Balaban J connectivity index is 1.89. The van der Waals surface area contributed by atoms with Crippen LogP contribution >= 0.6 is 0 Å². The molecule has 0 aromatic carbocycles. The van der Waals surface area contributed by atoms with Gasteiger partial charge in [-0.2, -0.15) is 4.98 Å². The number of carbonyl (C=O) groups excluding carboxylic acids is 1.